The number of ether oxygens (including phenoxy) is 1. The zero-order valence-corrected chi connectivity index (χ0v) is 13.0. The molecule has 0 aromatic carbocycles. The summed E-state index contributed by atoms with van der Waals surface area (Å²) in [4.78, 5) is 18.2. The van der Waals surface area contributed by atoms with Crippen molar-refractivity contribution in [3.05, 3.63) is 30.0 Å². The van der Waals surface area contributed by atoms with Gasteiger partial charge in [0, 0.05) is 25.4 Å². The number of hydrogen-bond acceptors (Lipinski definition) is 7. The number of nitrogens with zero attached hydrogens (tertiary/aromatic N) is 1. The van der Waals surface area contributed by atoms with Crippen LogP contribution in [0.1, 0.15) is 22.7 Å². The van der Waals surface area contributed by atoms with Gasteiger partial charge in [0.2, 0.25) is 0 Å². The number of H-pyrrole nitrogens is 1. The van der Waals surface area contributed by atoms with Gasteiger partial charge in [-0.2, -0.15) is 8.42 Å². The van der Waals surface area contributed by atoms with Crippen molar-refractivity contribution in [1.29, 1.82) is 0 Å². The fourth-order valence-electron chi connectivity index (χ4n) is 1.62. The molecule has 0 amide bonds. The van der Waals surface area contributed by atoms with E-state index in [1.807, 2.05) is 0 Å². The summed E-state index contributed by atoms with van der Waals surface area (Å²) in [6.45, 7) is 3.71. The van der Waals surface area contributed by atoms with E-state index in [-0.39, 0.29) is 5.69 Å². The third-order valence-corrected chi connectivity index (χ3v) is 3.25. The Labute approximate surface area is 123 Å². The number of imidazole rings is 1. The van der Waals surface area contributed by atoms with Gasteiger partial charge in [-0.3, -0.25) is 4.18 Å². The minimum absolute atomic E-state index is 0.167. The molecule has 0 bridgehead atoms. The fraction of sp³-hybridized carbons (Fsp3) is 0.500. The molecule has 0 aliphatic rings. The average Bonchev–Trinajstić information content (AvgIpc) is 2.89. The van der Waals surface area contributed by atoms with E-state index >= 15 is 0 Å². The number of esters is 1. The van der Waals surface area contributed by atoms with Gasteiger partial charge in [-0.1, -0.05) is 6.58 Å². The first kappa shape index (κ1) is 17.2. The van der Waals surface area contributed by atoms with Crippen molar-refractivity contribution in [2.45, 2.75) is 18.9 Å². The lowest BCUT2D eigenvalue weighted by Crippen LogP contribution is -2.26. The summed E-state index contributed by atoms with van der Waals surface area (Å²) in [7, 11) is -0.705. The highest BCUT2D eigenvalue weighted by Gasteiger charge is 2.19. The predicted molar refractivity (Wildman–Crippen MR) is 76.2 cm³/mol. The van der Waals surface area contributed by atoms with Crippen LogP contribution in [0.25, 0.3) is 0 Å². The Hall–Kier alpha value is -1.87. The maximum Gasteiger partial charge on any atom is 0.358 e. The van der Waals surface area contributed by atoms with Gasteiger partial charge in [0.1, 0.15) is 11.9 Å². The van der Waals surface area contributed by atoms with Gasteiger partial charge >= 0.3 is 5.97 Å². The molecule has 118 valence electrons. The lowest BCUT2D eigenvalue weighted by molar-refractivity contribution is 0.0594. The molecular weight excluding hydrogens is 298 g/mol. The summed E-state index contributed by atoms with van der Waals surface area (Å²) in [6.07, 6.45) is 2.42. The van der Waals surface area contributed by atoms with Gasteiger partial charge in [0.25, 0.3) is 10.1 Å². The lowest BCUT2D eigenvalue weighted by Gasteiger charge is -2.17. The van der Waals surface area contributed by atoms with E-state index in [0.717, 1.165) is 6.26 Å². The highest BCUT2D eigenvalue weighted by atomic mass is 32.2. The Balaban J connectivity index is 2.70. The Morgan fingerprint density at radius 2 is 2.24 bits per heavy atom. The second-order valence-electron chi connectivity index (χ2n) is 4.33. The van der Waals surface area contributed by atoms with Crippen LogP contribution in [0, 0.1) is 0 Å². The van der Waals surface area contributed by atoms with E-state index in [2.05, 4.69) is 26.6 Å². The minimum atomic E-state index is -3.60. The van der Waals surface area contributed by atoms with Gasteiger partial charge in [-0.15, -0.1) is 0 Å². The quantitative estimate of drug-likeness (QED) is 0.521. The molecule has 1 unspecified atom stereocenters. The second-order valence-corrected chi connectivity index (χ2v) is 5.93. The van der Waals surface area contributed by atoms with Gasteiger partial charge < -0.3 is 15.0 Å². The zero-order valence-electron chi connectivity index (χ0n) is 12.2. The van der Waals surface area contributed by atoms with E-state index in [9.17, 15) is 13.2 Å². The second kappa shape index (κ2) is 7.23. The lowest BCUT2D eigenvalue weighted by atomic mass is 10.1. The van der Waals surface area contributed by atoms with Crippen molar-refractivity contribution in [2.24, 2.45) is 0 Å². The van der Waals surface area contributed by atoms with Crippen molar-refractivity contribution >= 4 is 16.1 Å². The summed E-state index contributed by atoms with van der Waals surface area (Å²) in [6, 6.07) is 0. The van der Waals surface area contributed by atoms with Crippen molar-refractivity contribution in [1.82, 2.24) is 15.3 Å². The van der Waals surface area contributed by atoms with Crippen LogP contribution in [-0.4, -0.2) is 50.9 Å². The first-order valence-corrected chi connectivity index (χ1v) is 7.96. The number of carbonyl (C=O) groups excluding carboxylic acids is 1. The maximum absolute atomic E-state index is 11.3. The first-order valence-electron chi connectivity index (χ1n) is 6.14. The molecule has 0 aliphatic carbocycles. The Morgan fingerprint density at radius 3 is 2.76 bits per heavy atom. The van der Waals surface area contributed by atoms with Crippen molar-refractivity contribution in [3.8, 4) is 0 Å². The molecule has 1 atom stereocenters. The largest absolute Gasteiger partial charge is 0.464 e. The van der Waals surface area contributed by atoms with E-state index in [1.54, 1.807) is 7.05 Å². The van der Waals surface area contributed by atoms with Crippen LogP contribution in [0.4, 0.5) is 0 Å². The fourth-order valence-corrected chi connectivity index (χ4v) is 2.25. The van der Waals surface area contributed by atoms with Crippen LogP contribution >= 0.6 is 0 Å². The molecule has 8 nitrogen and oxygen atoms in total. The van der Waals surface area contributed by atoms with Crippen LogP contribution in [-0.2, 0) is 25.5 Å². The number of methoxy groups -OCH3 is 1. The summed E-state index contributed by atoms with van der Waals surface area (Å²) in [5.74, 6) is -0.0116. The molecule has 0 saturated heterocycles. The topological polar surface area (TPSA) is 110 Å². The van der Waals surface area contributed by atoms with Crippen LogP contribution in [0.2, 0.25) is 0 Å². The Kier molecular flexibility index (Phi) is 5.91. The van der Waals surface area contributed by atoms with Gasteiger partial charge in [0.15, 0.2) is 5.69 Å². The third-order valence-electron chi connectivity index (χ3n) is 2.67. The average molecular weight is 317 g/mol. The molecule has 1 heterocycles. The Bertz CT molecular complexity index is 608. The van der Waals surface area contributed by atoms with Gasteiger partial charge in [-0.25, -0.2) is 9.78 Å². The van der Waals surface area contributed by atoms with Crippen molar-refractivity contribution < 1.29 is 22.1 Å². The first-order chi connectivity index (χ1) is 9.76. The van der Waals surface area contributed by atoms with Gasteiger partial charge in [0.05, 0.1) is 13.4 Å². The van der Waals surface area contributed by atoms with Crippen LogP contribution in [0.5, 0.6) is 0 Å². The smallest absolute Gasteiger partial charge is 0.358 e. The monoisotopic (exact) mass is 317 g/mol. The normalized spacial score (nSPS) is 12.7. The molecule has 21 heavy (non-hydrogen) atoms. The zero-order chi connectivity index (χ0) is 16.0. The molecule has 2 N–H and O–H groups in total. The molecule has 0 radical (unpaired) electrons. The van der Waals surface area contributed by atoms with Crippen LogP contribution in [0.3, 0.4) is 0 Å². The number of aryl methyl sites for hydroxylation is 1. The van der Waals surface area contributed by atoms with E-state index in [0.29, 0.717) is 24.4 Å². The molecule has 1 rings (SSSR count). The number of rotatable bonds is 8. The minimum Gasteiger partial charge on any atom is -0.464 e. The summed E-state index contributed by atoms with van der Waals surface area (Å²) in [5, 5.41) is 2.77. The number of carbonyl (C=O) groups is 1. The molecule has 0 saturated carbocycles. The van der Waals surface area contributed by atoms with Crippen LogP contribution < -0.4 is 5.32 Å². The van der Waals surface area contributed by atoms with E-state index < -0.39 is 22.2 Å². The number of hydrogen-bond donors (Lipinski definition) is 2. The van der Waals surface area contributed by atoms with E-state index in [4.69, 9.17) is 4.18 Å². The van der Waals surface area contributed by atoms with Gasteiger partial charge in [-0.05, 0) is 6.42 Å². The summed E-state index contributed by atoms with van der Waals surface area (Å²) < 4.78 is 32.0. The predicted octanol–water partition coefficient (Wildman–Crippen LogP) is 0.207. The molecule has 1 aromatic rings. The third kappa shape index (κ3) is 5.56. The highest BCUT2D eigenvalue weighted by molar-refractivity contribution is 7.86. The Morgan fingerprint density at radius 1 is 1.57 bits per heavy atom. The molecule has 1 aromatic heterocycles. The highest BCUT2D eigenvalue weighted by Crippen LogP contribution is 2.13. The standard InChI is InChI=1S/C12H19N3O5S/c1-8(13-2)10(20-21(4,17)18)5-6-11-14-7-9(15-11)12(16)19-3/h7,10,13H,1,5-6H2,2-4H3,(H,14,15). The van der Waals surface area contributed by atoms with Crippen molar-refractivity contribution in [3.63, 3.8) is 0 Å². The molecular formula is C12H19N3O5S. The number of aromatic amines is 1. The van der Waals surface area contributed by atoms with E-state index in [1.165, 1.54) is 13.3 Å². The molecule has 0 aliphatic heterocycles. The SMILES string of the molecule is C=C(NC)C(CCc1nc(C(=O)OC)c[nH]1)OS(C)(=O)=O. The molecule has 0 fully saturated rings. The van der Waals surface area contributed by atoms with Crippen molar-refractivity contribution in [2.75, 3.05) is 20.4 Å². The summed E-state index contributed by atoms with van der Waals surface area (Å²) in [5.41, 5.74) is 0.612. The van der Waals surface area contributed by atoms with Crippen LogP contribution in [0.15, 0.2) is 18.5 Å². The summed E-state index contributed by atoms with van der Waals surface area (Å²) >= 11 is 0. The number of nitrogens with one attached hydrogen (secondary N) is 2. The molecule has 9 heteroatoms. The maximum atomic E-state index is 11.3. The number of aromatic nitrogens is 2. The molecule has 0 spiro atoms. The number of likely N-dealkylation sites (N-methyl/N-ethyl adjacent to an activating group) is 1.